The van der Waals surface area contributed by atoms with E-state index < -0.39 is 5.82 Å². The maximum absolute atomic E-state index is 13.8. The molecule has 3 nitrogen and oxygen atoms in total. The maximum atomic E-state index is 13.8. The summed E-state index contributed by atoms with van der Waals surface area (Å²) in [6.45, 7) is 0. The van der Waals surface area contributed by atoms with Gasteiger partial charge in [-0.05, 0) is 49.2 Å². The van der Waals surface area contributed by atoms with Crippen LogP contribution in [0.15, 0.2) is 36.4 Å². The first-order chi connectivity index (χ1) is 10.1. The number of nitrogens with zero attached hydrogens (tertiary/aromatic N) is 2. The van der Waals surface area contributed by atoms with Gasteiger partial charge in [0.05, 0.1) is 21.7 Å². The topological polar surface area (TPSA) is 43.8 Å². The Labute approximate surface area is 126 Å². The number of imidazole rings is 1. The molecule has 1 fully saturated rings. The number of benzene rings is 2. The van der Waals surface area contributed by atoms with Crippen LogP contribution in [0.25, 0.3) is 16.7 Å². The molecule has 1 saturated carbocycles. The molecule has 2 N–H and O–H groups in total. The van der Waals surface area contributed by atoms with Crippen molar-refractivity contribution >= 4 is 28.3 Å². The highest BCUT2D eigenvalue weighted by atomic mass is 35.5. The fourth-order valence-electron chi connectivity index (χ4n) is 2.63. The molecule has 0 aliphatic heterocycles. The molecule has 3 aromatic rings. The smallest absolute Gasteiger partial charge is 0.143 e. The average molecular weight is 302 g/mol. The van der Waals surface area contributed by atoms with Crippen molar-refractivity contribution in [2.45, 2.75) is 18.8 Å². The molecule has 4 rings (SSSR count). The lowest BCUT2D eigenvalue weighted by atomic mass is 10.2. The number of fused-ring (bicyclic) bond motifs is 1. The number of halogens is 2. The molecule has 0 radical (unpaired) electrons. The van der Waals surface area contributed by atoms with Crippen LogP contribution in [0.5, 0.6) is 0 Å². The SMILES string of the molecule is Nc1ccc2c(c1)nc(C1CC1)n2-c1ccc(Cl)c(F)c1. The molecule has 2 aromatic carbocycles. The van der Waals surface area contributed by atoms with Crippen LogP contribution in [0.1, 0.15) is 24.6 Å². The van der Waals surface area contributed by atoms with E-state index in [1.807, 2.05) is 28.8 Å². The van der Waals surface area contributed by atoms with Crippen LogP contribution in [-0.2, 0) is 0 Å². The monoisotopic (exact) mass is 301 g/mol. The van der Waals surface area contributed by atoms with E-state index in [9.17, 15) is 4.39 Å². The van der Waals surface area contributed by atoms with Gasteiger partial charge in [0.1, 0.15) is 11.6 Å². The van der Waals surface area contributed by atoms with Gasteiger partial charge in [-0.15, -0.1) is 0 Å². The molecule has 106 valence electrons. The number of nitrogens with two attached hydrogens (primary N) is 1. The first-order valence-corrected chi connectivity index (χ1v) is 7.24. The fourth-order valence-corrected chi connectivity index (χ4v) is 2.74. The van der Waals surface area contributed by atoms with Crippen LogP contribution in [0, 0.1) is 5.82 Å². The van der Waals surface area contributed by atoms with Crippen LogP contribution < -0.4 is 5.73 Å². The highest BCUT2D eigenvalue weighted by Gasteiger charge is 2.30. The zero-order valence-corrected chi connectivity index (χ0v) is 11.9. The van der Waals surface area contributed by atoms with E-state index in [1.54, 1.807) is 6.07 Å². The number of anilines is 1. The minimum atomic E-state index is -0.423. The summed E-state index contributed by atoms with van der Waals surface area (Å²) < 4.78 is 15.8. The van der Waals surface area contributed by atoms with Crippen molar-refractivity contribution in [2.75, 3.05) is 5.73 Å². The molecule has 0 saturated heterocycles. The molecule has 0 atom stereocenters. The molecule has 0 unspecified atom stereocenters. The zero-order valence-electron chi connectivity index (χ0n) is 11.2. The number of nitrogen functional groups attached to an aromatic ring is 1. The minimum absolute atomic E-state index is 0.125. The number of rotatable bonds is 2. The summed E-state index contributed by atoms with van der Waals surface area (Å²) in [6.07, 6.45) is 2.24. The van der Waals surface area contributed by atoms with Crippen LogP contribution in [0.4, 0.5) is 10.1 Å². The van der Waals surface area contributed by atoms with Crippen molar-refractivity contribution in [1.29, 1.82) is 0 Å². The van der Waals surface area contributed by atoms with E-state index in [0.29, 0.717) is 11.6 Å². The Kier molecular flexibility index (Phi) is 2.69. The van der Waals surface area contributed by atoms with Gasteiger partial charge in [-0.3, -0.25) is 4.57 Å². The van der Waals surface area contributed by atoms with Gasteiger partial charge in [-0.25, -0.2) is 9.37 Å². The van der Waals surface area contributed by atoms with E-state index in [0.717, 1.165) is 35.4 Å². The summed E-state index contributed by atoms with van der Waals surface area (Å²) in [6, 6.07) is 10.5. The number of aromatic nitrogens is 2. The molecular weight excluding hydrogens is 289 g/mol. The zero-order chi connectivity index (χ0) is 14.6. The quantitative estimate of drug-likeness (QED) is 0.718. The number of hydrogen-bond donors (Lipinski definition) is 1. The van der Waals surface area contributed by atoms with E-state index in [1.165, 1.54) is 6.07 Å². The predicted octanol–water partition coefficient (Wildman–Crippen LogP) is 4.28. The molecule has 21 heavy (non-hydrogen) atoms. The van der Waals surface area contributed by atoms with Crippen LogP contribution >= 0.6 is 11.6 Å². The maximum Gasteiger partial charge on any atom is 0.143 e. The Morgan fingerprint density at radius 1 is 1.19 bits per heavy atom. The molecule has 0 amide bonds. The Hall–Kier alpha value is -2.07. The lowest BCUT2D eigenvalue weighted by Crippen LogP contribution is -2.00. The summed E-state index contributed by atoms with van der Waals surface area (Å²) in [5, 5.41) is 0.125. The molecule has 5 heteroatoms. The van der Waals surface area contributed by atoms with Gasteiger partial charge in [-0.1, -0.05) is 11.6 Å². The molecular formula is C16H13ClFN3. The third-order valence-electron chi connectivity index (χ3n) is 3.81. The fraction of sp³-hybridized carbons (Fsp3) is 0.188. The third kappa shape index (κ3) is 2.07. The van der Waals surface area contributed by atoms with E-state index >= 15 is 0 Å². The van der Waals surface area contributed by atoms with Gasteiger partial charge in [0.15, 0.2) is 0 Å². The highest BCUT2D eigenvalue weighted by Crippen LogP contribution is 2.42. The molecule has 1 heterocycles. The van der Waals surface area contributed by atoms with Crippen molar-refractivity contribution in [2.24, 2.45) is 0 Å². The normalized spacial score (nSPS) is 14.8. The first-order valence-electron chi connectivity index (χ1n) is 6.87. The van der Waals surface area contributed by atoms with Crippen molar-refractivity contribution in [3.8, 4) is 5.69 Å². The lowest BCUT2D eigenvalue weighted by Gasteiger charge is -2.09. The second-order valence-corrected chi connectivity index (χ2v) is 5.83. The summed E-state index contributed by atoms with van der Waals surface area (Å²) in [7, 11) is 0. The third-order valence-corrected chi connectivity index (χ3v) is 4.11. The largest absolute Gasteiger partial charge is 0.399 e. The van der Waals surface area contributed by atoms with E-state index in [-0.39, 0.29) is 5.02 Å². The summed E-state index contributed by atoms with van der Waals surface area (Å²) in [5.74, 6) is 0.989. The van der Waals surface area contributed by atoms with Crippen molar-refractivity contribution in [1.82, 2.24) is 9.55 Å². The standard InChI is InChI=1S/C16H13ClFN3/c17-12-5-4-11(8-13(12)18)21-15-6-3-10(19)7-14(15)20-16(21)9-1-2-9/h3-9H,1-2,19H2. The second kappa shape index (κ2) is 4.46. The molecule has 0 bridgehead atoms. The Bertz CT molecular complexity index is 852. The Morgan fingerprint density at radius 2 is 2.00 bits per heavy atom. The van der Waals surface area contributed by atoms with Crippen LogP contribution in [0.3, 0.4) is 0 Å². The molecule has 0 spiro atoms. The van der Waals surface area contributed by atoms with Gasteiger partial charge >= 0.3 is 0 Å². The van der Waals surface area contributed by atoms with Crippen LogP contribution in [0.2, 0.25) is 5.02 Å². The average Bonchev–Trinajstić information content (AvgIpc) is 3.23. The minimum Gasteiger partial charge on any atom is -0.399 e. The Balaban J connectivity index is 2.01. The Morgan fingerprint density at radius 3 is 2.71 bits per heavy atom. The molecule has 1 aromatic heterocycles. The van der Waals surface area contributed by atoms with E-state index in [2.05, 4.69) is 0 Å². The summed E-state index contributed by atoms with van der Waals surface area (Å²) >= 11 is 5.78. The lowest BCUT2D eigenvalue weighted by molar-refractivity contribution is 0.627. The highest BCUT2D eigenvalue weighted by molar-refractivity contribution is 6.30. The summed E-state index contributed by atoms with van der Waals surface area (Å²) in [5.41, 5.74) is 9.03. The molecule has 1 aliphatic rings. The van der Waals surface area contributed by atoms with Crippen molar-refractivity contribution < 1.29 is 4.39 Å². The van der Waals surface area contributed by atoms with Gasteiger partial charge in [0.2, 0.25) is 0 Å². The summed E-state index contributed by atoms with van der Waals surface area (Å²) in [4.78, 5) is 4.69. The van der Waals surface area contributed by atoms with Gasteiger partial charge < -0.3 is 5.73 Å². The van der Waals surface area contributed by atoms with Gasteiger partial charge in [-0.2, -0.15) is 0 Å². The molecule has 1 aliphatic carbocycles. The van der Waals surface area contributed by atoms with Crippen LogP contribution in [-0.4, -0.2) is 9.55 Å². The van der Waals surface area contributed by atoms with Crippen molar-refractivity contribution in [3.05, 3.63) is 53.1 Å². The number of hydrogen-bond acceptors (Lipinski definition) is 2. The van der Waals surface area contributed by atoms with Gasteiger partial charge in [0, 0.05) is 11.6 Å². The van der Waals surface area contributed by atoms with Crippen molar-refractivity contribution in [3.63, 3.8) is 0 Å². The second-order valence-electron chi connectivity index (χ2n) is 5.43. The first kappa shape index (κ1) is 12.7. The van der Waals surface area contributed by atoms with Gasteiger partial charge in [0.25, 0.3) is 0 Å². The predicted molar refractivity (Wildman–Crippen MR) is 82.4 cm³/mol. The van der Waals surface area contributed by atoms with E-state index in [4.69, 9.17) is 22.3 Å².